The summed E-state index contributed by atoms with van der Waals surface area (Å²) in [6.07, 6.45) is 1.86. The van der Waals surface area contributed by atoms with Gasteiger partial charge in [-0.05, 0) is 48.5 Å². The van der Waals surface area contributed by atoms with Crippen molar-refractivity contribution in [2.45, 2.75) is 0 Å². The SMILES string of the molecule is O=c1c(=Cc2ccccc2OCCOc2ccc(Br)cc2)sc2nc3ccccc3n12. The molecular formula is C24H17BrN2O3S. The number of benzene rings is 3. The summed E-state index contributed by atoms with van der Waals surface area (Å²) in [5, 5.41) is 0. The third kappa shape index (κ3) is 4.06. The zero-order chi connectivity index (χ0) is 21.2. The predicted molar refractivity (Wildman–Crippen MR) is 127 cm³/mol. The summed E-state index contributed by atoms with van der Waals surface area (Å²) in [6.45, 7) is 0.811. The van der Waals surface area contributed by atoms with Gasteiger partial charge >= 0.3 is 0 Å². The number of ether oxygens (including phenoxy) is 2. The third-order valence-corrected chi connectivity index (χ3v) is 6.27. The Morgan fingerprint density at radius 1 is 0.935 bits per heavy atom. The number of imidazole rings is 1. The Morgan fingerprint density at radius 2 is 1.68 bits per heavy atom. The normalized spacial score (nSPS) is 12.0. The number of fused-ring (bicyclic) bond motifs is 3. The van der Waals surface area contributed by atoms with Gasteiger partial charge in [0.1, 0.15) is 24.7 Å². The summed E-state index contributed by atoms with van der Waals surface area (Å²) >= 11 is 4.79. The minimum Gasteiger partial charge on any atom is -0.490 e. The third-order valence-electron chi connectivity index (χ3n) is 4.77. The highest BCUT2D eigenvalue weighted by atomic mass is 79.9. The van der Waals surface area contributed by atoms with Crippen LogP contribution in [0.3, 0.4) is 0 Å². The Balaban J connectivity index is 1.38. The van der Waals surface area contributed by atoms with E-state index in [-0.39, 0.29) is 5.56 Å². The molecule has 0 amide bonds. The average molecular weight is 493 g/mol. The van der Waals surface area contributed by atoms with E-state index in [2.05, 4.69) is 20.9 Å². The number of rotatable bonds is 6. The first-order chi connectivity index (χ1) is 15.2. The van der Waals surface area contributed by atoms with Crippen LogP contribution < -0.4 is 19.6 Å². The Morgan fingerprint density at radius 3 is 2.55 bits per heavy atom. The first kappa shape index (κ1) is 19.8. The van der Waals surface area contributed by atoms with E-state index in [0.717, 1.165) is 26.8 Å². The van der Waals surface area contributed by atoms with Crippen molar-refractivity contribution >= 4 is 49.3 Å². The first-order valence-electron chi connectivity index (χ1n) is 9.71. The number of para-hydroxylation sites is 3. The van der Waals surface area contributed by atoms with Gasteiger partial charge in [-0.25, -0.2) is 9.38 Å². The summed E-state index contributed by atoms with van der Waals surface area (Å²) in [5.41, 5.74) is 2.43. The molecule has 0 aliphatic carbocycles. The van der Waals surface area contributed by atoms with Crippen molar-refractivity contribution in [1.29, 1.82) is 0 Å². The van der Waals surface area contributed by atoms with Gasteiger partial charge in [0.05, 0.1) is 15.6 Å². The second-order valence-corrected chi connectivity index (χ2v) is 8.75. The van der Waals surface area contributed by atoms with Crippen LogP contribution in [-0.2, 0) is 0 Å². The van der Waals surface area contributed by atoms with Gasteiger partial charge in [-0.3, -0.25) is 4.79 Å². The summed E-state index contributed by atoms with van der Waals surface area (Å²) in [4.78, 5) is 18.3. The highest BCUT2D eigenvalue weighted by Crippen LogP contribution is 2.20. The molecule has 0 N–H and O–H groups in total. The summed E-state index contributed by atoms with van der Waals surface area (Å²) < 4.78 is 14.9. The van der Waals surface area contributed by atoms with Crippen molar-refractivity contribution in [3.05, 3.63) is 97.7 Å². The van der Waals surface area contributed by atoms with Crippen molar-refractivity contribution in [2.24, 2.45) is 0 Å². The lowest BCUT2D eigenvalue weighted by molar-refractivity contribution is 0.217. The lowest BCUT2D eigenvalue weighted by Crippen LogP contribution is -2.22. The summed E-state index contributed by atoms with van der Waals surface area (Å²) in [7, 11) is 0. The molecule has 7 heteroatoms. The quantitative estimate of drug-likeness (QED) is 0.323. The number of nitrogens with zero attached hydrogens (tertiary/aromatic N) is 2. The maximum atomic E-state index is 13.0. The molecule has 0 saturated heterocycles. The van der Waals surface area contributed by atoms with E-state index in [1.54, 1.807) is 4.40 Å². The monoisotopic (exact) mass is 492 g/mol. The predicted octanol–water partition coefficient (Wildman–Crippen LogP) is 4.68. The molecule has 154 valence electrons. The maximum Gasteiger partial charge on any atom is 0.274 e. The van der Waals surface area contributed by atoms with E-state index in [1.165, 1.54) is 11.3 Å². The Kier molecular flexibility index (Phi) is 5.44. The second-order valence-electron chi connectivity index (χ2n) is 6.82. The van der Waals surface area contributed by atoms with E-state index >= 15 is 0 Å². The molecule has 2 heterocycles. The molecule has 0 atom stereocenters. The summed E-state index contributed by atoms with van der Waals surface area (Å²) in [5.74, 6) is 1.49. The molecular weight excluding hydrogens is 476 g/mol. The maximum absolute atomic E-state index is 13.0. The van der Waals surface area contributed by atoms with Crippen LogP contribution >= 0.6 is 27.3 Å². The molecule has 5 rings (SSSR count). The van der Waals surface area contributed by atoms with Crippen LogP contribution in [0.4, 0.5) is 0 Å². The van der Waals surface area contributed by atoms with E-state index in [9.17, 15) is 4.79 Å². The molecule has 31 heavy (non-hydrogen) atoms. The molecule has 0 fully saturated rings. The van der Waals surface area contributed by atoms with E-state index in [1.807, 2.05) is 78.9 Å². The van der Waals surface area contributed by atoms with Gasteiger partial charge in [-0.2, -0.15) is 0 Å². The number of halogens is 1. The number of hydrogen-bond donors (Lipinski definition) is 0. The van der Waals surface area contributed by atoms with Gasteiger partial charge in [0.15, 0.2) is 4.96 Å². The van der Waals surface area contributed by atoms with E-state index < -0.39 is 0 Å². The molecule has 0 unspecified atom stereocenters. The van der Waals surface area contributed by atoms with Gasteiger partial charge in [0, 0.05) is 10.0 Å². The zero-order valence-electron chi connectivity index (χ0n) is 16.3. The van der Waals surface area contributed by atoms with Gasteiger partial charge < -0.3 is 9.47 Å². The van der Waals surface area contributed by atoms with Crippen LogP contribution in [0.1, 0.15) is 5.56 Å². The molecule has 5 aromatic rings. The minimum absolute atomic E-state index is 0.0675. The fourth-order valence-corrected chi connectivity index (χ4v) is 4.57. The van der Waals surface area contributed by atoms with Gasteiger partial charge in [0.2, 0.25) is 0 Å². The van der Waals surface area contributed by atoms with Crippen LogP contribution in [0.25, 0.3) is 22.1 Å². The van der Waals surface area contributed by atoms with E-state index in [4.69, 9.17) is 9.47 Å². The zero-order valence-corrected chi connectivity index (χ0v) is 18.7. The average Bonchev–Trinajstić information content (AvgIpc) is 3.30. The standard InChI is InChI=1S/C24H17BrN2O3S/c25-17-9-11-18(12-10-17)29-13-14-30-21-8-4-1-5-16(21)15-22-23(28)27-20-7-3-2-6-19(20)26-24(27)31-22/h1-12,15H,13-14H2. The van der Waals surface area contributed by atoms with Crippen molar-refractivity contribution in [3.8, 4) is 11.5 Å². The van der Waals surface area contributed by atoms with Crippen molar-refractivity contribution in [1.82, 2.24) is 9.38 Å². The minimum atomic E-state index is -0.0675. The molecule has 5 nitrogen and oxygen atoms in total. The topological polar surface area (TPSA) is 52.8 Å². The highest BCUT2D eigenvalue weighted by molar-refractivity contribution is 9.10. The fraction of sp³-hybridized carbons (Fsp3) is 0.0833. The van der Waals surface area contributed by atoms with Crippen molar-refractivity contribution in [3.63, 3.8) is 0 Å². The molecule has 0 spiro atoms. The molecule has 0 bridgehead atoms. The van der Waals surface area contributed by atoms with Crippen molar-refractivity contribution in [2.75, 3.05) is 13.2 Å². The van der Waals surface area contributed by atoms with Crippen LogP contribution in [0, 0.1) is 0 Å². The van der Waals surface area contributed by atoms with Crippen molar-refractivity contribution < 1.29 is 9.47 Å². The van der Waals surface area contributed by atoms with Crippen LogP contribution in [0.2, 0.25) is 0 Å². The number of thiazole rings is 1. The fourth-order valence-electron chi connectivity index (χ4n) is 3.33. The number of aromatic nitrogens is 2. The van der Waals surface area contributed by atoms with Gasteiger partial charge in [-0.1, -0.05) is 57.6 Å². The van der Waals surface area contributed by atoms with Gasteiger partial charge in [0.25, 0.3) is 5.56 Å². The molecule has 0 saturated carbocycles. The Bertz CT molecular complexity index is 1470. The largest absolute Gasteiger partial charge is 0.490 e. The lowest BCUT2D eigenvalue weighted by Gasteiger charge is -2.10. The van der Waals surface area contributed by atoms with Gasteiger partial charge in [-0.15, -0.1) is 0 Å². The van der Waals surface area contributed by atoms with Crippen LogP contribution in [-0.4, -0.2) is 22.6 Å². The second kappa shape index (κ2) is 8.53. The molecule has 0 aliphatic heterocycles. The number of hydrogen-bond acceptors (Lipinski definition) is 5. The highest BCUT2D eigenvalue weighted by Gasteiger charge is 2.11. The van der Waals surface area contributed by atoms with E-state index in [0.29, 0.717) is 28.5 Å². The summed E-state index contributed by atoms with van der Waals surface area (Å²) in [6, 6.07) is 23.0. The molecule has 0 aliphatic rings. The smallest absolute Gasteiger partial charge is 0.274 e. The molecule has 3 aromatic carbocycles. The van der Waals surface area contributed by atoms with Crippen LogP contribution in [0.5, 0.6) is 11.5 Å². The van der Waals surface area contributed by atoms with Crippen LogP contribution in [0.15, 0.2) is 82.1 Å². The Labute approximate surface area is 190 Å². The Hall–Kier alpha value is -3.16. The first-order valence-corrected chi connectivity index (χ1v) is 11.3. The molecule has 0 radical (unpaired) electrons. The molecule has 2 aromatic heterocycles. The lowest BCUT2D eigenvalue weighted by atomic mass is 10.2.